The van der Waals surface area contributed by atoms with Crippen LogP contribution in [0.4, 0.5) is 0 Å². The molecule has 1 aromatic heterocycles. The highest BCUT2D eigenvalue weighted by Crippen LogP contribution is 2.15. The first-order valence-corrected chi connectivity index (χ1v) is 3.89. The van der Waals surface area contributed by atoms with Gasteiger partial charge in [0.25, 0.3) is 5.91 Å². The molecule has 13 heavy (non-hydrogen) atoms. The molecule has 2 aromatic rings. The van der Waals surface area contributed by atoms with Crippen LogP contribution in [0, 0.1) is 0 Å². The summed E-state index contributed by atoms with van der Waals surface area (Å²) in [7, 11) is 0. The SMILES string of the molecule is [NH]C(=O)c1ccnc2ccccc12. The molecule has 0 fully saturated rings. The van der Waals surface area contributed by atoms with E-state index in [4.69, 9.17) is 5.73 Å². The number of nitrogens with zero attached hydrogens (tertiary/aromatic N) is 1. The number of pyridine rings is 1. The fourth-order valence-corrected chi connectivity index (χ4v) is 1.29. The van der Waals surface area contributed by atoms with Crippen molar-refractivity contribution in [1.82, 2.24) is 10.7 Å². The second-order valence-corrected chi connectivity index (χ2v) is 2.70. The summed E-state index contributed by atoms with van der Waals surface area (Å²) in [6.45, 7) is 0. The Hall–Kier alpha value is -1.90. The molecule has 1 heterocycles. The molecule has 1 radical (unpaired) electrons. The minimum atomic E-state index is -0.668. The molecule has 3 nitrogen and oxygen atoms in total. The lowest BCUT2D eigenvalue weighted by Crippen LogP contribution is -2.00. The Kier molecular flexibility index (Phi) is 1.70. The third-order valence-corrected chi connectivity index (χ3v) is 1.89. The highest BCUT2D eigenvalue weighted by Gasteiger charge is 2.05. The van der Waals surface area contributed by atoms with E-state index in [2.05, 4.69) is 4.98 Å². The van der Waals surface area contributed by atoms with Gasteiger partial charge in [0, 0.05) is 11.6 Å². The molecule has 1 amide bonds. The Morgan fingerprint density at radius 3 is 2.77 bits per heavy atom. The van der Waals surface area contributed by atoms with Gasteiger partial charge in [-0.2, -0.15) is 0 Å². The summed E-state index contributed by atoms with van der Waals surface area (Å²) >= 11 is 0. The van der Waals surface area contributed by atoms with Crippen LogP contribution in [0.2, 0.25) is 0 Å². The number of hydrogen-bond acceptors (Lipinski definition) is 2. The number of amides is 1. The Bertz CT molecular complexity index is 460. The number of nitrogens with one attached hydrogen (secondary N) is 1. The van der Waals surface area contributed by atoms with Gasteiger partial charge in [-0.1, -0.05) is 18.2 Å². The maximum absolute atomic E-state index is 10.9. The number of carbonyl (C=O) groups excluding carboxylic acids is 1. The van der Waals surface area contributed by atoms with E-state index in [-0.39, 0.29) is 0 Å². The van der Waals surface area contributed by atoms with Crippen LogP contribution in [0.15, 0.2) is 36.5 Å². The van der Waals surface area contributed by atoms with E-state index in [1.165, 1.54) is 0 Å². The summed E-state index contributed by atoms with van der Waals surface area (Å²) in [5.41, 5.74) is 8.19. The first kappa shape index (κ1) is 7.73. The summed E-state index contributed by atoms with van der Waals surface area (Å²) in [5.74, 6) is -0.668. The predicted molar refractivity (Wildman–Crippen MR) is 49.2 cm³/mol. The number of rotatable bonds is 1. The van der Waals surface area contributed by atoms with Gasteiger partial charge in [-0.05, 0) is 12.1 Å². The Morgan fingerprint density at radius 1 is 1.23 bits per heavy atom. The molecule has 1 N–H and O–H groups in total. The van der Waals surface area contributed by atoms with E-state index in [1.807, 2.05) is 18.2 Å². The van der Waals surface area contributed by atoms with Gasteiger partial charge in [0.15, 0.2) is 0 Å². The van der Waals surface area contributed by atoms with Crippen molar-refractivity contribution < 1.29 is 4.79 Å². The van der Waals surface area contributed by atoms with Crippen LogP contribution in [0.5, 0.6) is 0 Å². The molecule has 3 heteroatoms. The lowest BCUT2D eigenvalue weighted by Gasteiger charge is -1.99. The first-order chi connectivity index (χ1) is 6.29. The molecule has 1 aromatic carbocycles. The molecule has 0 unspecified atom stereocenters. The minimum absolute atomic E-state index is 0.408. The van der Waals surface area contributed by atoms with Crippen molar-refractivity contribution in [1.29, 1.82) is 0 Å². The van der Waals surface area contributed by atoms with Crippen LogP contribution < -0.4 is 5.73 Å². The van der Waals surface area contributed by atoms with Gasteiger partial charge in [0.2, 0.25) is 0 Å². The fourth-order valence-electron chi connectivity index (χ4n) is 1.29. The molecular formula is C10H7N2O. The van der Waals surface area contributed by atoms with Crippen molar-refractivity contribution in [3.05, 3.63) is 42.1 Å². The molecule has 0 spiro atoms. The van der Waals surface area contributed by atoms with E-state index in [0.29, 0.717) is 5.56 Å². The van der Waals surface area contributed by atoms with Gasteiger partial charge in [0.05, 0.1) is 11.1 Å². The zero-order valence-corrected chi connectivity index (χ0v) is 6.82. The van der Waals surface area contributed by atoms with E-state index in [9.17, 15) is 4.79 Å². The van der Waals surface area contributed by atoms with Crippen molar-refractivity contribution in [2.24, 2.45) is 0 Å². The lowest BCUT2D eigenvalue weighted by atomic mass is 10.1. The summed E-state index contributed by atoms with van der Waals surface area (Å²) < 4.78 is 0. The molecule has 0 bridgehead atoms. The maximum Gasteiger partial charge on any atom is 0.270 e. The van der Waals surface area contributed by atoms with E-state index >= 15 is 0 Å². The number of para-hydroxylation sites is 1. The summed E-state index contributed by atoms with van der Waals surface area (Å²) in [6, 6.07) is 8.87. The maximum atomic E-state index is 10.9. The van der Waals surface area contributed by atoms with Crippen molar-refractivity contribution >= 4 is 16.8 Å². The zero-order chi connectivity index (χ0) is 9.26. The molecular weight excluding hydrogens is 164 g/mol. The number of fused-ring (bicyclic) bond motifs is 1. The van der Waals surface area contributed by atoms with Crippen molar-refractivity contribution in [3.63, 3.8) is 0 Å². The van der Waals surface area contributed by atoms with E-state index < -0.39 is 5.91 Å². The number of hydrogen-bond donors (Lipinski definition) is 0. The normalized spacial score (nSPS) is 10.2. The van der Waals surface area contributed by atoms with Gasteiger partial charge >= 0.3 is 0 Å². The molecule has 0 saturated heterocycles. The number of aromatic nitrogens is 1. The number of carbonyl (C=O) groups is 1. The van der Waals surface area contributed by atoms with Crippen molar-refractivity contribution in [3.8, 4) is 0 Å². The van der Waals surface area contributed by atoms with Gasteiger partial charge in [0.1, 0.15) is 0 Å². The topological polar surface area (TPSA) is 53.8 Å². The predicted octanol–water partition coefficient (Wildman–Crippen LogP) is 1.66. The van der Waals surface area contributed by atoms with Gasteiger partial charge in [-0.15, -0.1) is 0 Å². The molecule has 0 aliphatic carbocycles. The van der Waals surface area contributed by atoms with E-state index in [1.54, 1.807) is 18.3 Å². The monoisotopic (exact) mass is 171 g/mol. The van der Waals surface area contributed by atoms with Crippen LogP contribution in [-0.4, -0.2) is 10.9 Å². The number of benzene rings is 1. The summed E-state index contributed by atoms with van der Waals surface area (Å²) in [5, 5.41) is 0.741. The Balaban J connectivity index is 2.83. The Labute approximate surface area is 75.2 Å². The van der Waals surface area contributed by atoms with Crippen LogP contribution in [0.25, 0.3) is 10.9 Å². The molecule has 0 saturated carbocycles. The van der Waals surface area contributed by atoms with Gasteiger partial charge in [-0.3, -0.25) is 15.5 Å². The highest BCUT2D eigenvalue weighted by molar-refractivity contribution is 6.04. The van der Waals surface area contributed by atoms with Crippen LogP contribution in [-0.2, 0) is 0 Å². The first-order valence-electron chi connectivity index (χ1n) is 3.89. The quantitative estimate of drug-likeness (QED) is 0.655. The average Bonchev–Trinajstić information content (AvgIpc) is 2.17. The van der Waals surface area contributed by atoms with Crippen LogP contribution in [0.1, 0.15) is 10.4 Å². The largest absolute Gasteiger partial charge is 0.270 e. The molecule has 0 aliphatic rings. The van der Waals surface area contributed by atoms with Crippen LogP contribution in [0.3, 0.4) is 0 Å². The van der Waals surface area contributed by atoms with Gasteiger partial charge < -0.3 is 0 Å². The second kappa shape index (κ2) is 2.86. The standard InChI is InChI=1S/C10H7N2O/c11-10(13)8-5-6-12-9-4-2-1-3-7(8)9/h1-6,11H. The molecule has 2 rings (SSSR count). The average molecular weight is 171 g/mol. The Morgan fingerprint density at radius 2 is 2.00 bits per heavy atom. The van der Waals surface area contributed by atoms with E-state index in [0.717, 1.165) is 10.9 Å². The summed E-state index contributed by atoms with van der Waals surface area (Å²) in [6.07, 6.45) is 1.55. The fraction of sp³-hybridized carbons (Fsp3) is 0. The smallest absolute Gasteiger partial charge is 0.267 e. The zero-order valence-electron chi connectivity index (χ0n) is 6.82. The van der Waals surface area contributed by atoms with Crippen molar-refractivity contribution in [2.75, 3.05) is 0 Å². The molecule has 0 atom stereocenters. The summed E-state index contributed by atoms with van der Waals surface area (Å²) in [4.78, 5) is 15.0. The van der Waals surface area contributed by atoms with Crippen molar-refractivity contribution in [2.45, 2.75) is 0 Å². The third kappa shape index (κ3) is 1.24. The molecule has 0 aliphatic heterocycles. The van der Waals surface area contributed by atoms with Crippen LogP contribution >= 0.6 is 0 Å². The molecule has 63 valence electrons. The third-order valence-electron chi connectivity index (χ3n) is 1.89. The lowest BCUT2D eigenvalue weighted by molar-refractivity contribution is 0.0993. The van der Waals surface area contributed by atoms with Gasteiger partial charge in [-0.25, -0.2) is 0 Å². The highest BCUT2D eigenvalue weighted by atomic mass is 16.1. The second-order valence-electron chi connectivity index (χ2n) is 2.70. The minimum Gasteiger partial charge on any atom is -0.267 e.